The number of aromatic nitrogens is 8. The molecule has 8 rings (SSSR count). The zero-order chi connectivity index (χ0) is 42.5. The van der Waals surface area contributed by atoms with Gasteiger partial charge in [0.1, 0.15) is 35.5 Å². The highest BCUT2D eigenvalue weighted by atomic mass is 32.2. The van der Waals surface area contributed by atoms with E-state index in [1.54, 1.807) is 71.1 Å². The zero-order valence-corrected chi connectivity index (χ0v) is 34.6. The Kier molecular flexibility index (Phi) is 12.0. The van der Waals surface area contributed by atoms with Crippen molar-refractivity contribution >= 4 is 23.6 Å². The molecule has 2 saturated heterocycles. The van der Waals surface area contributed by atoms with E-state index in [0.29, 0.717) is 82.3 Å². The van der Waals surface area contributed by atoms with Gasteiger partial charge < -0.3 is 19.3 Å². The van der Waals surface area contributed by atoms with Gasteiger partial charge in [-0.3, -0.25) is 9.59 Å². The number of carbonyl (C=O) groups is 2. The highest BCUT2D eigenvalue weighted by molar-refractivity contribution is 7.98. The van der Waals surface area contributed by atoms with Gasteiger partial charge in [-0.1, -0.05) is 24.3 Å². The average Bonchev–Trinajstić information content (AvgIpc) is 4.00. The minimum absolute atomic E-state index is 0.0307. The molecular weight excluding hydrogens is 793 g/mol. The zero-order valence-electron chi connectivity index (χ0n) is 33.8. The van der Waals surface area contributed by atoms with Crippen LogP contribution in [-0.4, -0.2) is 99.0 Å². The van der Waals surface area contributed by atoms with Crippen molar-refractivity contribution in [2.45, 2.75) is 81.4 Å². The van der Waals surface area contributed by atoms with E-state index in [4.69, 9.17) is 14.6 Å². The number of benzene rings is 2. The van der Waals surface area contributed by atoms with Crippen molar-refractivity contribution in [3.05, 3.63) is 125 Å². The average molecular weight is 835 g/mol. The molecule has 4 aromatic heterocycles. The van der Waals surface area contributed by atoms with E-state index >= 15 is 0 Å². The quantitative estimate of drug-likeness (QED) is 0.136. The van der Waals surface area contributed by atoms with Gasteiger partial charge in [0.15, 0.2) is 0 Å². The number of carbonyl (C=O) groups excluding carboxylic acids is 2. The molecule has 61 heavy (non-hydrogen) atoms. The number of rotatable bonds is 11. The monoisotopic (exact) mass is 834 g/mol. The Bertz CT molecular complexity index is 2640. The Balaban J connectivity index is 0.933. The number of hydrogen-bond donors (Lipinski definition) is 0. The fourth-order valence-electron chi connectivity index (χ4n) is 7.65. The maximum Gasteiger partial charge on any atom is 0.256 e. The van der Waals surface area contributed by atoms with E-state index in [1.807, 2.05) is 51.1 Å². The number of likely N-dealkylation sites (tertiary alicyclic amines) is 2. The third-order valence-corrected chi connectivity index (χ3v) is 12.1. The number of hydrogen-bond acceptors (Lipinski definition) is 13. The van der Waals surface area contributed by atoms with E-state index in [-0.39, 0.29) is 47.9 Å². The minimum atomic E-state index is -0.384. The van der Waals surface area contributed by atoms with E-state index in [1.165, 1.54) is 21.4 Å². The molecule has 4 atom stereocenters. The summed E-state index contributed by atoms with van der Waals surface area (Å²) in [6, 6.07) is 22.4. The molecule has 2 aliphatic heterocycles. The standard InChI is InChI=1S/C44H42N12O4S/c1-28-16-18-47-41(36(28)22-45)59-32-14-12-30(3)54(25-32)44(58)35-9-5-7-11-39(35)56-51-24-31(52-56)27-61-40-17-19-48-42(37(40)23-46)60-33-15-13-29(2)53(26-33)43(57)34-8-4-6-10-38(34)55-49-20-21-50-55/h4-11,16-21,24,29-30,32-33H,12-15,25-27H2,1-3H3. The molecule has 17 heteroatoms. The van der Waals surface area contributed by atoms with Gasteiger partial charge in [-0.15, -0.1) is 11.8 Å². The summed E-state index contributed by atoms with van der Waals surface area (Å²) >= 11 is 1.40. The molecule has 2 fully saturated rings. The van der Waals surface area contributed by atoms with E-state index in [9.17, 15) is 20.1 Å². The Morgan fingerprint density at radius 1 is 0.705 bits per heavy atom. The number of ether oxygens (including phenoxy) is 2. The number of aryl methyl sites for hydroxylation is 1. The molecule has 2 amide bonds. The smallest absolute Gasteiger partial charge is 0.256 e. The second kappa shape index (κ2) is 18.0. The first-order valence-corrected chi connectivity index (χ1v) is 21.0. The highest BCUT2D eigenvalue weighted by Crippen LogP contribution is 2.33. The first-order chi connectivity index (χ1) is 29.7. The predicted octanol–water partition coefficient (Wildman–Crippen LogP) is 6.13. The van der Waals surface area contributed by atoms with Gasteiger partial charge in [0.25, 0.3) is 11.8 Å². The van der Waals surface area contributed by atoms with Gasteiger partial charge in [0.05, 0.1) is 59.9 Å². The van der Waals surface area contributed by atoms with Crippen LogP contribution in [0.2, 0.25) is 0 Å². The van der Waals surface area contributed by atoms with Gasteiger partial charge >= 0.3 is 0 Å². The van der Waals surface area contributed by atoms with Gasteiger partial charge in [-0.05, 0) is 88.4 Å². The molecule has 4 unspecified atom stereocenters. The number of amides is 2. The summed E-state index contributed by atoms with van der Waals surface area (Å²) in [4.78, 5) is 44.0. The van der Waals surface area contributed by atoms with E-state index in [2.05, 4.69) is 37.4 Å². The Labute approximate surface area is 356 Å². The number of para-hydroxylation sites is 2. The molecule has 6 heterocycles. The molecule has 0 spiro atoms. The van der Waals surface area contributed by atoms with Crippen molar-refractivity contribution in [1.29, 1.82) is 10.5 Å². The number of pyridine rings is 2. The molecule has 0 radical (unpaired) electrons. The van der Waals surface area contributed by atoms with Gasteiger partial charge in [0.2, 0.25) is 11.8 Å². The largest absolute Gasteiger partial charge is 0.472 e. The fourth-order valence-corrected chi connectivity index (χ4v) is 8.52. The lowest BCUT2D eigenvalue weighted by Crippen LogP contribution is -2.49. The van der Waals surface area contributed by atoms with Crippen LogP contribution in [0.5, 0.6) is 11.8 Å². The lowest BCUT2D eigenvalue weighted by Gasteiger charge is -2.38. The normalized spacial score (nSPS) is 18.8. The summed E-state index contributed by atoms with van der Waals surface area (Å²) in [7, 11) is 0. The topological polar surface area (TPSA) is 194 Å². The van der Waals surface area contributed by atoms with Crippen LogP contribution >= 0.6 is 11.8 Å². The van der Waals surface area contributed by atoms with Gasteiger partial charge in [0, 0.05) is 35.1 Å². The van der Waals surface area contributed by atoms with Crippen molar-refractivity contribution in [1.82, 2.24) is 49.8 Å². The third kappa shape index (κ3) is 8.64. The maximum atomic E-state index is 14.2. The summed E-state index contributed by atoms with van der Waals surface area (Å²) in [5.41, 5.74) is 4.14. The van der Waals surface area contributed by atoms with Crippen LogP contribution in [0.4, 0.5) is 0 Å². The van der Waals surface area contributed by atoms with Crippen LogP contribution in [0.1, 0.15) is 82.6 Å². The molecule has 308 valence electrons. The Hall–Kier alpha value is -7.11. The molecule has 0 aliphatic carbocycles. The number of nitriles is 2. The summed E-state index contributed by atoms with van der Waals surface area (Å²) in [6.07, 6.45) is 10.1. The molecule has 0 saturated carbocycles. The SMILES string of the molecule is Cc1ccnc(OC2CCC(C)N(C(=O)c3ccccc3-n3ncc(CSc4ccnc(OC5CCC(C)N(C(=O)c6ccccc6-n6nccn6)C5)c4C#N)n3)C2)c1C#N. The van der Waals surface area contributed by atoms with Crippen LogP contribution in [0.25, 0.3) is 11.4 Å². The molecule has 2 aromatic carbocycles. The molecule has 0 N–H and O–H groups in total. The summed E-state index contributed by atoms with van der Waals surface area (Å²) < 4.78 is 12.6. The second-order valence-corrected chi connectivity index (χ2v) is 16.1. The van der Waals surface area contributed by atoms with Gasteiger partial charge in [-0.2, -0.15) is 40.5 Å². The highest BCUT2D eigenvalue weighted by Gasteiger charge is 2.34. The minimum Gasteiger partial charge on any atom is -0.472 e. The number of nitrogens with zero attached hydrogens (tertiary/aromatic N) is 12. The van der Waals surface area contributed by atoms with E-state index in [0.717, 1.165) is 12.0 Å². The number of piperidine rings is 2. The summed E-state index contributed by atoms with van der Waals surface area (Å²) in [6.45, 7) is 6.52. The van der Waals surface area contributed by atoms with Crippen molar-refractivity contribution in [3.8, 4) is 35.3 Å². The predicted molar refractivity (Wildman–Crippen MR) is 223 cm³/mol. The first kappa shape index (κ1) is 40.7. The van der Waals surface area contributed by atoms with E-state index < -0.39 is 0 Å². The maximum absolute atomic E-state index is 14.2. The van der Waals surface area contributed by atoms with Gasteiger partial charge in [-0.25, -0.2) is 9.97 Å². The molecular formula is C44H42N12O4S. The fraction of sp³-hybridized carbons (Fsp3) is 0.318. The Morgan fingerprint density at radius 2 is 1.25 bits per heavy atom. The third-order valence-electron chi connectivity index (χ3n) is 11.0. The molecule has 2 aliphatic rings. The lowest BCUT2D eigenvalue weighted by atomic mass is 9.99. The summed E-state index contributed by atoms with van der Waals surface area (Å²) in [5.74, 6) is 0.527. The van der Waals surface area contributed by atoms with Crippen molar-refractivity contribution in [2.24, 2.45) is 0 Å². The van der Waals surface area contributed by atoms with Crippen molar-refractivity contribution in [2.75, 3.05) is 13.1 Å². The lowest BCUT2D eigenvalue weighted by molar-refractivity contribution is 0.0368. The van der Waals surface area contributed by atoms with Crippen LogP contribution in [0.15, 0.2) is 96.5 Å². The van der Waals surface area contributed by atoms with Crippen LogP contribution in [0, 0.1) is 29.6 Å². The molecule has 16 nitrogen and oxygen atoms in total. The molecule has 6 aromatic rings. The number of thioether (sulfide) groups is 1. The van der Waals surface area contributed by atoms with Crippen LogP contribution < -0.4 is 9.47 Å². The Morgan fingerprint density at radius 3 is 1.84 bits per heavy atom. The first-order valence-electron chi connectivity index (χ1n) is 20.0. The van der Waals surface area contributed by atoms with Crippen LogP contribution in [0.3, 0.4) is 0 Å². The van der Waals surface area contributed by atoms with Crippen molar-refractivity contribution in [3.63, 3.8) is 0 Å². The van der Waals surface area contributed by atoms with Crippen LogP contribution in [-0.2, 0) is 5.75 Å². The second-order valence-electron chi connectivity index (χ2n) is 15.0. The molecule has 0 bridgehead atoms. The van der Waals surface area contributed by atoms with Crippen molar-refractivity contribution < 1.29 is 19.1 Å². The summed E-state index contributed by atoms with van der Waals surface area (Å²) in [5, 5.41) is 37.7.